The number of unbranched alkanes of at least 4 members (excludes halogenated alkanes) is 9. The van der Waals surface area contributed by atoms with Gasteiger partial charge in [-0.2, -0.15) is 0 Å². The molecule has 30 heavy (non-hydrogen) atoms. The van der Waals surface area contributed by atoms with Crippen LogP contribution in [0.2, 0.25) is 0 Å². The number of rotatable bonds is 18. The Morgan fingerprint density at radius 1 is 0.933 bits per heavy atom. The molecule has 6 heteroatoms. The maximum atomic E-state index is 11.5. The van der Waals surface area contributed by atoms with Crippen LogP contribution in [-0.4, -0.2) is 55.0 Å². The highest BCUT2D eigenvalue weighted by molar-refractivity contribution is 5.69. The molecule has 1 saturated heterocycles. The van der Waals surface area contributed by atoms with Gasteiger partial charge in [0.25, 0.3) is 0 Å². The van der Waals surface area contributed by atoms with Crippen molar-refractivity contribution in [3.05, 3.63) is 0 Å². The first-order valence-corrected chi connectivity index (χ1v) is 12.2. The summed E-state index contributed by atoms with van der Waals surface area (Å²) in [5, 5.41) is 10.4. The summed E-state index contributed by atoms with van der Waals surface area (Å²) in [6.45, 7) is 8.77. The molecule has 0 aromatic rings. The molecule has 3 unspecified atom stereocenters. The number of esters is 1. The van der Waals surface area contributed by atoms with E-state index in [1.54, 1.807) is 0 Å². The van der Waals surface area contributed by atoms with Gasteiger partial charge in [0.1, 0.15) is 24.9 Å². The van der Waals surface area contributed by atoms with E-state index in [9.17, 15) is 9.90 Å². The summed E-state index contributed by atoms with van der Waals surface area (Å²) in [7, 11) is 0. The third kappa shape index (κ3) is 12.2. The first kappa shape index (κ1) is 27.3. The number of carbonyl (C=O) groups is 1. The van der Waals surface area contributed by atoms with E-state index in [0.717, 1.165) is 12.8 Å². The van der Waals surface area contributed by atoms with Crippen LogP contribution >= 0.6 is 0 Å². The van der Waals surface area contributed by atoms with E-state index >= 15 is 0 Å². The van der Waals surface area contributed by atoms with E-state index in [0.29, 0.717) is 19.6 Å². The van der Waals surface area contributed by atoms with Crippen molar-refractivity contribution >= 4 is 5.97 Å². The van der Waals surface area contributed by atoms with Gasteiger partial charge in [0.15, 0.2) is 5.79 Å². The van der Waals surface area contributed by atoms with E-state index in [2.05, 4.69) is 6.92 Å². The molecule has 0 radical (unpaired) electrons. The number of ether oxygens (including phenoxy) is 4. The Morgan fingerprint density at radius 3 is 2.13 bits per heavy atom. The van der Waals surface area contributed by atoms with Crippen LogP contribution in [0.25, 0.3) is 0 Å². The van der Waals surface area contributed by atoms with Gasteiger partial charge >= 0.3 is 5.97 Å². The highest BCUT2D eigenvalue weighted by Gasteiger charge is 2.45. The molecule has 0 amide bonds. The molecule has 1 aliphatic heterocycles. The van der Waals surface area contributed by atoms with Gasteiger partial charge in [0.05, 0.1) is 6.61 Å². The summed E-state index contributed by atoms with van der Waals surface area (Å²) in [4.78, 5) is 11.5. The quantitative estimate of drug-likeness (QED) is 0.239. The fraction of sp³-hybridized carbons (Fsp3) is 0.958. The zero-order valence-electron chi connectivity index (χ0n) is 19.8. The second-order valence-corrected chi connectivity index (χ2v) is 8.90. The van der Waals surface area contributed by atoms with E-state index in [1.165, 1.54) is 57.8 Å². The first-order valence-electron chi connectivity index (χ1n) is 12.2. The molecule has 0 saturated carbocycles. The van der Waals surface area contributed by atoms with Crippen LogP contribution in [0.1, 0.15) is 105 Å². The summed E-state index contributed by atoms with van der Waals surface area (Å²) in [5.41, 5.74) is 0. The third-order valence-corrected chi connectivity index (χ3v) is 5.39. The average Bonchev–Trinajstić information content (AvgIpc) is 3.01. The minimum Gasteiger partial charge on any atom is -0.463 e. The van der Waals surface area contributed by atoms with Gasteiger partial charge < -0.3 is 24.1 Å². The Morgan fingerprint density at radius 2 is 1.53 bits per heavy atom. The van der Waals surface area contributed by atoms with Crippen molar-refractivity contribution in [2.24, 2.45) is 0 Å². The van der Waals surface area contributed by atoms with E-state index in [-0.39, 0.29) is 18.7 Å². The van der Waals surface area contributed by atoms with Crippen molar-refractivity contribution in [2.45, 2.75) is 129 Å². The first-order chi connectivity index (χ1) is 14.4. The molecule has 178 valence electrons. The number of carbonyl (C=O) groups excluding carboxylic acids is 1. The molecule has 1 N–H and O–H groups in total. The van der Waals surface area contributed by atoms with Crippen LogP contribution in [0.3, 0.4) is 0 Å². The molecule has 1 heterocycles. The normalized spacial score (nSPS) is 21.6. The monoisotopic (exact) mass is 430 g/mol. The van der Waals surface area contributed by atoms with Crippen molar-refractivity contribution in [3.63, 3.8) is 0 Å². The second-order valence-electron chi connectivity index (χ2n) is 8.90. The molecule has 0 aromatic carbocycles. The summed E-state index contributed by atoms with van der Waals surface area (Å²) >= 11 is 0. The Balaban J connectivity index is 2.15. The molecule has 0 bridgehead atoms. The summed E-state index contributed by atoms with van der Waals surface area (Å²) in [6.07, 6.45) is 12.1. The number of hydrogen-bond donors (Lipinski definition) is 1. The lowest BCUT2D eigenvalue weighted by Crippen LogP contribution is -2.41. The van der Waals surface area contributed by atoms with Gasteiger partial charge in [0, 0.05) is 13.0 Å². The van der Waals surface area contributed by atoms with Gasteiger partial charge in [-0.1, -0.05) is 71.6 Å². The molecule has 6 nitrogen and oxygen atoms in total. The summed E-state index contributed by atoms with van der Waals surface area (Å²) in [6, 6.07) is 0. The predicted molar refractivity (Wildman–Crippen MR) is 118 cm³/mol. The van der Waals surface area contributed by atoms with Crippen LogP contribution in [0.15, 0.2) is 0 Å². The molecular formula is C24H46O6. The zero-order valence-corrected chi connectivity index (χ0v) is 19.8. The molecule has 0 aromatic heterocycles. The van der Waals surface area contributed by atoms with E-state index < -0.39 is 18.0 Å². The number of aliphatic hydroxyl groups is 1. The Labute approximate surface area is 184 Å². The van der Waals surface area contributed by atoms with Crippen LogP contribution in [0, 0.1) is 0 Å². The van der Waals surface area contributed by atoms with Gasteiger partial charge in [0.2, 0.25) is 0 Å². The minimum absolute atomic E-state index is 0.0854. The van der Waals surface area contributed by atoms with Gasteiger partial charge in [-0.3, -0.25) is 4.79 Å². The maximum Gasteiger partial charge on any atom is 0.305 e. The Bertz CT molecular complexity index is 439. The Kier molecular flexibility index (Phi) is 14.6. The second kappa shape index (κ2) is 16.0. The van der Waals surface area contributed by atoms with E-state index in [1.807, 2.05) is 20.8 Å². The van der Waals surface area contributed by atoms with Crippen LogP contribution in [0.5, 0.6) is 0 Å². The summed E-state index contributed by atoms with van der Waals surface area (Å²) < 4.78 is 22.6. The molecule has 3 atom stereocenters. The lowest BCUT2D eigenvalue weighted by Gasteiger charge is -2.22. The number of aliphatic hydroxyl groups excluding tert-OH is 1. The smallest absolute Gasteiger partial charge is 0.305 e. The SMILES string of the molecule is CCCCCCCCCCCCOCC1OC(C)(C)OC1C(O)COC(=O)CCC. The zero-order chi connectivity index (χ0) is 22.2. The molecule has 0 aliphatic carbocycles. The van der Waals surface area contributed by atoms with Crippen molar-refractivity contribution in [3.8, 4) is 0 Å². The molecular weight excluding hydrogens is 384 g/mol. The average molecular weight is 431 g/mol. The molecule has 1 aliphatic rings. The lowest BCUT2D eigenvalue weighted by molar-refractivity contribution is -0.164. The van der Waals surface area contributed by atoms with Crippen molar-refractivity contribution in [2.75, 3.05) is 19.8 Å². The highest BCUT2D eigenvalue weighted by Crippen LogP contribution is 2.30. The topological polar surface area (TPSA) is 74.2 Å². The molecule has 1 fully saturated rings. The minimum atomic E-state index is -0.932. The van der Waals surface area contributed by atoms with Crippen molar-refractivity contribution in [1.29, 1.82) is 0 Å². The fourth-order valence-corrected chi connectivity index (χ4v) is 3.76. The highest BCUT2D eigenvalue weighted by atomic mass is 16.8. The predicted octanol–water partition coefficient (Wildman–Crippen LogP) is 5.15. The van der Waals surface area contributed by atoms with Crippen molar-refractivity contribution < 1.29 is 28.8 Å². The lowest BCUT2D eigenvalue weighted by atomic mass is 10.1. The maximum absolute atomic E-state index is 11.5. The van der Waals surface area contributed by atoms with Crippen LogP contribution < -0.4 is 0 Å². The number of hydrogen-bond acceptors (Lipinski definition) is 6. The Hall–Kier alpha value is -0.690. The molecule has 1 rings (SSSR count). The standard InChI is InChI=1S/C24H46O6/c1-5-7-8-9-10-11-12-13-14-15-17-27-19-21-23(30-24(3,4)29-21)20(25)18-28-22(26)16-6-2/h20-21,23,25H,5-19H2,1-4H3. The van der Waals surface area contributed by atoms with Gasteiger partial charge in [-0.05, 0) is 26.7 Å². The summed E-state index contributed by atoms with van der Waals surface area (Å²) in [5.74, 6) is -1.09. The third-order valence-electron chi connectivity index (χ3n) is 5.39. The fourth-order valence-electron chi connectivity index (χ4n) is 3.76. The largest absolute Gasteiger partial charge is 0.463 e. The van der Waals surface area contributed by atoms with Gasteiger partial charge in [-0.25, -0.2) is 0 Å². The molecule has 0 spiro atoms. The van der Waals surface area contributed by atoms with E-state index in [4.69, 9.17) is 18.9 Å². The van der Waals surface area contributed by atoms with Gasteiger partial charge in [-0.15, -0.1) is 0 Å². The van der Waals surface area contributed by atoms with Crippen molar-refractivity contribution in [1.82, 2.24) is 0 Å². The van der Waals surface area contributed by atoms with Crippen LogP contribution in [0.4, 0.5) is 0 Å². The van der Waals surface area contributed by atoms with Crippen LogP contribution in [-0.2, 0) is 23.7 Å².